The van der Waals surface area contributed by atoms with Crippen LogP contribution in [0.4, 0.5) is 0 Å². The minimum Gasteiger partial charge on any atom is -0.389 e. The number of aliphatic hydroxyl groups is 1. The predicted molar refractivity (Wildman–Crippen MR) is 103 cm³/mol. The Morgan fingerprint density at radius 3 is 2.36 bits per heavy atom. The van der Waals surface area contributed by atoms with E-state index in [9.17, 15) is 9.90 Å². The molecule has 2 aromatic rings. The van der Waals surface area contributed by atoms with E-state index in [1.165, 1.54) is 0 Å². The zero-order valence-electron chi connectivity index (χ0n) is 16.7. The lowest BCUT2D eigenvalue weighted by Gasteiger charge is -2.30. The molecule has 0 aromatic carbocycles. The van der Waals surface area contributed by atoms with Gasteiger partial charge in [-0.2, -0.15) is 0 Å². The highest BCUT2D eigenvalue weighted by Crippen LogP contribution is 2.23. The van der Waals surface area contributed by atoms with Crippen LogP contribution in [0.5, 0.6) is 0 Å². The van der Waals surface area contributed by atoms with Crippen molar-refractivity contribution in [1.29, 1.82) is 0 Å². The van der Waals surface area contributed by atoms with E-state index in [2.05, 4.69) is 30.2 Å². The number of aromatic amines is 2. The number of ether oxygens (including phenoxy) is 1. The van der Waals surface area contributed by atoms with Gasteiger partial charge in [-0.25, -0.2) is 9.97 Å². The Hall–Kier alpha value is -2.23. The second-order valence-corrected chi connectivity index (χ2v) is 8.53. The van der Waals surface area contributed by atoms with Crippen molar-refractivity contribution >= 4 is 5.91 Å². The summed E-state index contributed by atoms with van der Waals surface area (Å²) in [5, 5.41) is 13.7. The van der Waals surface area contributed by atoms with Crippen molar-refractivity contribution in [3.8, 4) is 0 Å². The van der Waals surface area contributed by atoms with Gasteiger partial charge in [0, 0.05) is 49.8 Å². The molecule has 1 aliphatic heterocycles. The average molecular weight is 390 g/mol. The maximum atomic E-state index is 12.1. The maximum absolute atomic E-state index is 12.1. The molecular weight excluding hydrogens is 360 g/mol. The molecule has 0 unspecified atom stereocenters. The fourth-order valence-corrected chi connectivity index (χ4v) is 3.40. The third-order valence-corrected chi connectivity index (χ3v) is 4.77. The van der Waals surface area contributed by atoms with Crippen LogP contribution < -0.4 is 5.32 Å². The van der Waals surface area contributed by atoms with Crippen LogP contribution >= 0.6 is 0 Å². The van der Waals surface area contributed by atoms with Gasteiger partial charge < -0.3 is 25.1 Å². The minimum absolute atomic E-state index is 0.0291. The molecule has 1 fully saturated rings. The molecule has 9 heteroatoms. The summed E-state index contributed by atoms with van der Waals surface area (Å²) >= 11 is 0. The number of hydrogen-bond acceptors (Lipinski definition) is 6. The zero-order chi connectivity index (χ0) is 20.1. The molecule has 0 saturated carbocycles. The molecule has 28 heavy (non-hydrogen) atoms. The SMILES string of the molecule is CC(C)(C)CC(=O)NC[C@H]1OC[C@@H](N(Cc2cnc[nH]2)Cc2cnc[nH]2)[C@@H]1O. The van der Waals surface area contributed by atoms with Crippen molar-refractivity contribution in [1.82, 2.24) is 30.2 Å². The second kappa shape index (κ2) is 8.85. The van der Waals surface area contributed by atoms with Crippen LogP contribution in [-0.2, 0) is 22.6 Å². The highest BCUT2D eigenvalue weighted by Gasteiger charge is 2.39. The van der Waals surface area contributed by atoms with Crippen molar-refractivity contribution in [3.05, 3.63) is 36.4 Å². The lowest BCUT2D eigenvalue weighted by Crippen LogP contribution is -2.46. The van der Waals surface area contributed by atoms with E-state index in [1.807, 2.05) is 20.8 Å². The van der Waals surface area contributed by atoms with Crippen molar-refractivity contribution in [3.63, 3.8) is 0 Å². The Bertz CT molecular complexity index is 689. The number of carbonyl (C=O) groups is 1. The van der Waals surface area contributed by atoms with Gasteiger partial charge in [0.2, 0.25) is 5.91 Å². The zero-order valence-corrected chi connectivity index (χ0v) is 16.7. The summed E-state index contributed by atoms with van der Waals surface area (Å²) in [5.41, 5.74) is 1.83. The monoisotopic (exact) mass is 390 g/mol. The van der Waals surface area contributed by atoms with Crippen molar-refractivity contribution in [2.45, 2.75) is 58.5 Å². The number of nitrogens with one attached hydrogen (secondary N) is 3. The number of rotatable bonds is 8. The van der Waals surface area contributed by atoms with E-state index in [4.69, 9.17) is 4.74 Å². The number of H-pyrrole nitrogens is 2. The van der Waals surface area contributed by atoms with Crippen LogP contribution in [0, 0.1) is 5.41 Å². The molecule has 3 rings (SSSR count). The molecule has 1 amide bonds. The number of aliphatic hydroxyl groups excluding tert-OH is 1. The third-order valence-electron chi connectivity index (χ3n) is 4.77. The van der Waals surface area contributed by atoms with E-state index in [0.717, 1.165) is 11.4 Å². The quantitative estimate of drug-likeness (QED) is 0.530. The third kappa shape index (κ3) is 5.63. The molecule has 0 bridgehead atoms. The molecule has 154 valence electrons. The topological polar surface area (TPSA) is 119 Å². The van der Waals surface area contributed by atoms with Gasteiger partial charge in [0.15, 0.2) is 0 Å². The summed E-state index contributed by atoms with van der Waals surface area (Å²) in [4.78, 5) is 28.5. The van der Waals surface area contributed by atoms with Crippen LogP contribution in [0.3, 0.4) is 0 Å². The lowest BCUT2D eigenvalue weighted by molar-refractivity contribution is -0.123. The number of hydrogen-bond donors (Lipinski definition) is 4. The molecular formula is C19H30N6O3. The normalized spacial score (nSPS) is 22.7. The van der Waals surface area contributed by atoms with Crippen molar-refractivity contribution in [2.75, 3.05) is 13.2 Å². The first-order valence-electron chi connectivity index (χ1n) is 9.57. The molecule has 2 aromatic heterocycles. The van der Waals surface area contributed by atoms with Gasteiger partial charge >= 0.3 is 0 Å². The summed E-state index contributed by atoms with van der Waals surface area (Å²) in [7, 11) is 0. The van der Waals surface area contributed by atoms with Gasteiger partial charge in [0.25, 0.3) is 0 Å². The summed E-state index contributed by atoms with van der Waals surface area (Å²) in [5.74, 6) is -0.0291. The maximum Gasteiger partial charge on any atom is 0.220 e. The molecule has 4 N–H and O–H groups in total. The molecule has 0 spiro atoms. The second-order valence-electron chi connectivity index (χ2n) is 8.53. The van der Waals surface area contributed by atoms with Crippen molar-refractivity contribution < 1.29 is 14.6 Å². The first-order valence-corrected chi connectivity index (χ1v) is 9.57. The first-order chi connectivity index (χ1) is 13.3. The highest BCUT2D eigenvalue weighted by atomic mass is 16.5. The summed E-state index contributed by atoms with van der Waals surface area (Å²) in [6, 6.07) is -0.198. The van der Waals surface area contributed by atoms with E-state index < -0.39 is 12.2 Å². The predicted octanol–water partition coefficient (Wildman–Crippen LogP) is 0.816. The van der Waals surface area contributed by atoms with Gasteiger partial charge in [0.05, 0.1) is 31.4 Å². The van der Waals surface area contributed by atoms with Crippen LogP contribution in [0.1, 0.15) is 38.6 Å². The van der Waals surface area contributed by atoms with Gasteiger partial charge in [0.1, 0.15) is 6.10 Å². The minimum atomic E-state index is -0.708. The molecule has 1 saturated heterocycles. The first kappa shape index (κ1) is 20.5. The number of imidazole rings is 2. The molecule has 9 nitrogen and oxygen atoms in total. The molecule has 3 heterocycles. The summed E-state index contributed by atoms with van der Waals surface area (Å²) < 4.78 is 5.82. The van der Waals surface area contributed by atoms with Gasteiger partial charge in [-0.1, -0.05) is 20.8 Å². The van der Waals surface area contributed by atoms with Crippen LogP contribution in [0.2, 0.25) is 0 Å². The van der Waals surface area contributed by atoms with Crippen LogP contribution in [-0.4, -0.2) is 67.3 Å². The van der Waals surface area contributed by atoms with Crippen LogP contribution in [0.15, 0.2) is 25.0 Å². The van der Waals surface area contributed by atoms with E-state index in [0.29, 0.717) is 32.7 Å². The van der Waals surface area contributed by atoms with E-state index in [1.54, 1.807) is 25.0 Å². The van der Waals surface area contributed by atoms with Gasteiger partial charge in [-0.15, -0.1) is 0 Å². The molecule has 0 aliphatic carbocycles. The Balaban J connectivity index is 1.60. The number of amides is 1. The number of carbonyl (C=O) groups excluding carboxylic acids is 1. The Morgan fingerprint density at radius 2 is 1.86 bits per heavy atom. The van der Waals surface area contributed by atoms with E-state index >= 15 is 0 Å². The smallest absolute Gasteiger partial charge is 0.220 e. The largest absolute Gasteiger partial charge is 0.389 e. The highest BCUT2D eigenvalue weighted by molar-refractivity contribution is 5.76. The van der Waals surface area contributed by atoms with E-state index in [-0.39, 0.29) is 17.4 Å². The average Bonchev–Trinajstić information content (AvgIpc) is 3.34. The Morgan fingerprint density at radius 1 is 1.25 bits per heavy atom. The van der Waals surface area contributed by atoms with Crippen LogP contribution in [0.25, 0.3) is 0 Å². The Labute approximate surface area is 164 Å². The molecule has 0 radical (unpaired) electrons. The van der Waals surface area contributed by atoms with Gasteiger partial charge in [-0.3, -0.25) is 9.69 Å². The standard InChI is InChI=1S/C19H30N6O3/c1-19(2,3)4-17(26)22-7-16-18(27)15(10-28-16)25(8-13-5-20-11-23-13)9-14-6-21-12-24-14/h5-6,11-12,15-16,18,27H,4,7-10H2,1-3H3,(H,20,23)(H,21,24)(H,22,26)/t15-,16-,18+/m1/s1. The number of aromatic nitrogens is 4. The summed E-state index contributed by atoms with van der Waals surface area (Å²) in [6.45, 7) is 7.93. The van der Waals surface area contributed by atoms with Gasteiger partial charge in [-0.05, 0) is 5.41 Å². The number of nitrogens with zero attached hydrogens (tertiary/aromatic N) is 3. The van der Waals surface area contributed by atoms with Crippen molar-refractivity contribution in [2.24, 2.45) is 5.41 Å². The summed E-state index contributed by atoms with van der Waals surface area (Å²) in [6.07, 6.45) is 6.11. The molecule has 3 atom stereocenters. The fraction of sp³-hybridized carbons (Fsp3) is 0.632. The molecule has 1 aliphatic rings. The Kier molecular flexibility index (Phi) is 6.48. The fourth-order valence-electron chi connectivity index (χ4n) is 3.40. The lowest BCUT2D eigenvalue weighted by atomic mass is 9.92.